The predicted molar refractivity (Wildman–Crippen MR) is 79.7 cm³/mol. The van der Waals surface area contributed by atoms with Crippen LogP contribution in [0.5, 0.6) is 0 Å². The van der Waals surface area contributed by atoms with Crippen molar-refractivity contribution in [1.29, 1.82) is 0 Å². The lowest BCUT2D eigenvalue weighted by Crippen LogP contribution is -2.14. The molecule has 0 atom stereocenters. The van der Waals surface area contributed by atoms with Crippen LogP contribution in [-0.2, 0) is 6.42 Å². The monoisotopic (exact) mass is 270 g/mol. The Kier molecular flexibility index (Phi) is 3.17. The number of fused-ring (bicyclic) bond motifs is 1. The zero-order valence-corrected chi connectivity index (χ0v) is 11.5. The molecule has 0 spiro atoms. The summed E-state index contributed by atoms with van der Waals surface area (Å²) in [5.41, 5.74) is 2.63. The molecule has 0 aliphatic carbocycles. The van der Waals surface area contributed by atoms with Crippen molar-refractivity contribution >= 4 is 21.4 Å². The topological polar surface area (TPSA) is 45.8 Å². The van der Waals surface area contributed by atoms with Crippen LogP contribution in [0.25, 0.3) is 21.3 Å². The standard InChI is InChI=1S/C15H14N2OS/c1-2-4-12-13(16-9-17-15(12)18)11-6-3-5-10-7-8-19-14(10)11/h3,5-9H,2,4H2,1H3,(H,16,17,18). The Morgan fingerprint density at radius 3 is 3.05 bits per heavy atom. The molecule has 0 amide bonds. The van der Waals surface area contributed by atoms with E-state index < -0.39 is 0 Å². The lowest BCUT2D eigenvalue weighted by atomic mass is 10.0. The Balaban J connectivity index is 2.30. The summed E-state index contributed by atoms with van der Waals surface area (Å²) < 4.78 is 1.19. The second-order valence-corrected chi connectivity index (χ2v) is 5.37. The van der Waals surface area contributed by atoms with Gasteiger partial charge in [-0.3, -0.25) is 4.79 Å². The number of aromatic amines is 1. The molecule has 0 bridgehead atoms. The molecule has 4 heteroatoms. The van der Waals surface area contributed by atoms with Crippen LogP contribution in [0.1, 0.15) is 18.9 Å². The molecule has 2 aromatic heterocycles. The lowest BCUT2D eigenvalue weighted by Gasteiger charge is -2.07. The van der Waals surface area contributed by atoms with E-state index in [1.807, 2.05) is 12.1 Å². The van der Waals surface area contributed by atoms with E-state index in [-0.39, 0.29) is 5.56 Å². The van der Waals surface area contributed by atoms with Gasteiger partial charge in [0.25, 0.3) is 5.56 Å². The molecule has 3 nitrogen and oxygen atoms in total. The minimum absolute atomic E-state index is 0.0274. The van der Waals surface area contributed by atoms with Gasteiger partial charge in [0.05, 0.1) is 12.0 Å². The Labute approximate surface area is 115 Å². The molecule has 19 heavy (non-hydrogen) atoms. The second-order valence-electron chi connectivity index (χ2n) is 4.45. The molecule has 0 saturated carbocycles. The first-order valence-corrected chi connectivity index (χ1v) is 7.22. The molecule has 2 heterocycles. The van der Waals surface area contributed by atoms with Crippen LogP contribution in [-0.4, -0.2) is 9.97 Å². The fourth-order valence-corrected chi connectivity index (χ4v) is 3.24. The van der Waals surface area contributed by atoms with Gasteiger partial charge in [0.15, 0.2) is 0 Å². The Morgan fingerprint density at radius 1 is 1.32 bits per heavy atom. The number of nitrogens with one attached hydrogen (secondary N) is 1. The third-order valence-corrected chi connectivity index (χ3v) is 4.15. The number of rotatable bonds is 3. The smallest absolute Gasteiger partial charge is 0.254 e. The number of hydrogen-bond donors (Lipinski definition) is 1. The molecule has 0 unspecified atom stereocenters. The highest BCUT2D eigenvalue weighted by molar-refractivity contribution is 7.17. The van der Waals surface area contributed by atoms with Gasteiger partial charge in [-0.15, -0.1) is 11.3 Å². The molecule has 0 aliphatic heterocycles. The van der Waals surface area contributed by atoms with Gasteiger partial charge in [0.1, 0.15) is 0 Å². The molecule has 0 fully saturated rings. The van der Waals surface area contributed by atoms with Gasteiger partial charge in [-0.1, -0.05) is 31.5 Å². The molecule has 0 saturated heterocycles. The van der Waals surface area contributed by atoms with E-state index in [0.717, 1.165) is 29.7 Å². The van der Waals surface area contributed by atoms with E-state index in [1.165, 1.54) is 16.4 Å². The van der Waals surface area contributed by atoms with Crippen molar-refractivity contribution < 1.29 is 0 Å². The highest BCUT2D eigenvalue weighted by Gasteiger charge is 2.13. The number of nitrogens with zero attached hydrogens (tertiary/aromatic N) is 1. The minimum Gasteiger partial charge on any atom is -0.313 e. The first kappa shape index (κ1) is 12.1. The molecule has 1 aromatic carbocycles. The van der Waals surface area contributed by atoms with Crippen molar-refractivity contribution in [2.24, 2.45) is 0 Å². The maximum atomic E-state index is 12.0. The first-order chi connectivity index (χ1) is 9.31. The van der Waals surface area contributed by atoms with E-state index in [9.17, 15) is 4.79 Å². The fourth-order valence-electron chi connectivity index (χ4n) is 2.32. The highest BCUT2D eigenvalue weighted by atomic mass is 32.1. The van der Waals surface area contributed by atoms with Crippen molar-refractivity contribution in [1.82, 2.24) is 9.97 Å². The van der Waals surface area contributed by atoms with Gasteiger partial charge in [0.2, 0.25) is 0 Å². The summed E-state index contributed by atoms with van der Waals surface area (Å²) in [6.07, 6.45) is 3.17. The van der Waals surface area contributed by atoms with Crippen molar-refractivity contribution in [3.05, 3.63) is 51.9 Å². The SMILES string of the molecule is CCCc1c(-c2cccc3ccsc23)nc[nH]c1=O. The van der Waals surface area contributed by atoms with Gasteiger partial charge in [-0.2, -0.15) is 0 Å². The van der Waals surface area contributed by atoms with E-state index in [0.29, 0.717) is 0 Å². The second kappa shape index (κ2) is 4.97. The molecule has 3 aromatic rings. The summed E-state index contributed by atoms with van der Waals surface area (Å²) in [5, 5.41) is 3.27. The number of benzene rings is 1. The third kappa shape index (κ3) is 2.08. The molecule has 1 N–H and O–H groups in total. The van der Waals surface area contributed by atoms with Crippen LogP contribution in [0.3, 0.4) is 0 Å². The van der Waals surface area contributed by atoms with Crippen molar-refractivity contribution in [3.63, 3.8) is 0 Å². The van der Waals surface area contributed by atoms with Gasteiger partial charge >= 0.3 is 0 Å². The Hall–Kier alpha value is -1.94. The fraction of sp³-hybridized carbons (Fsp3) is 0.200. The zero-order chi connectivity index (χ0) is 13.2. The van der Waals surface area contributed by atoms with Gasteiger partial charge in [-0.05, 0) is 23.3 Å². The molecular formula is C15H14N2OS. The third-order valence-electron chi connectivity index (χ3n) is 3.18. The number of hydrogen-bond acceptors (Lipinski definition) is 3. The van der Waals surface area contributed by atoms with Crippen LogP contribution < -0.4 is 5.56 Å². The maximum Gasteiger partial charge on any atom is 0.254 e. The highest BCUT2D eigenvalue weighted by Crippen LogP contribution is 2.32. The summed E-state index contributed by atoms with van der Waals surface area (Å²) in [4.78, 5) is 19.1. The summed E-state index contributed by atoms with van der Waals surface area (Å²) in [5.74, 6) is 0. The number of aromatic nitrogens is 2. The summed E-state index contributed by atoms with van der Waals surface area (Å²) in [6, 6.07) is 8.24. The van der Waals surface area contributed by atoms with Crippen LogP contribution in [0, 0.1) is 0 Å². The summed E-state index contributed by atoms with van der Waals surface area (Å²) in [6.45, 7) is 2.07. The Morgan fingerprint density at radius 2 is 2.21 bits per heavy atom. The normalized spacial score (nSPS) is 11.0. The first-order valence-electron chi connectivity index (χ1n) is 6.34. The quantitative estimate of drug-likeness (QED) is 0.790. The summed E-state index contributed by atoms with van der Waals surface area (Å²) >= 11 is 1.69. The maximum absolute atomic E-state index is 12.0. The molecular weight excluding hydrogens is 256 g/mol. The molecule has 96 valence electrons. The van der Waals surface area contributed by atoms with Crippen molar-refractivity contribution in [2.75, 3.05) is 0 Å². The van der Waals surface area contributed by atoms with Crippen LogP contribution in [0.15, 0.2) is 40.8 Å². The minimum atomic E-state index is -0.0274. The average molecular weight is 270 g/mol. The van der Waals surface area contributed by atoms with Crippen LogP contribution in [0.2, 0.25) is 0 Å². The van der Waals surface area contributed by atoms with Crippen LogP contribution in [0.4, 0.5) is 0 Å². The lowest BCUT2D eigenvalue weighted by molar-refractivity contribution is 0.888. The van der Waals surface area contributed by atoms with E-state index in [2.05, 4.69) is 34.4 Å². The average Bonchev–Trinajstić information content (AvgIpc) is 2.89. The van der Waals surface area contributed by atoms with Crippen molar-refractivity contribution in [3.8, 4) is 11.3 Å². The van der Waals surface area contributed by atoms with E-state index in [4.69, 9.17) is 0 Å². The Bertz CT molecular complexity index is 773. The van der Waals surface area contributed by atoms with Crippen LogP contribution >= 0.6 is 11.3 Å². The van der Waals surface area contributed by atoms with E-state index in [1.54, 1.807) is 11.3 Å². The van der Waals surface area contributed by atoms with Gasteiger partial charge < -0.3 is 4.98 Å². The predicted octanol–water partition coefficient (Wildman–Crippen LogP) is 3.60. The van der Waals surface area contributed by atoms with Gasteiger partial charge in [0, 0.05) is 15.8 Å². The molecule has 0 aliphatic rings. The number of thiophene rings is 1. The zero-order valence-electron chi connectivity index (χ0n) is 10.6. The molecule has 0 radical (unpaired) electrons. The largest absolute Gasteiger partial charge is 0.313 e. The van der Waals surface area contributed by atoms with Gasteiger partial charge in [-0.25, -0.2) is 4.98 Å². The molecule has 3 rings (SSSR count). The van der Waals surface area contributed by atoms with Crippen molar-refractivity contribution in [2.45, 2.75) is 19.8 Å². The number of H-pyrrole nitrogens is 1. The van der Waals surface area contributed by atoms with E-state index >= 15 is 0 Å². The summed E-state index contributed by atoms with van der Waals surface area (Å²) in [7, 11) is 0.